The number of rotatable bonds is 3. The van der Waals surface area contributed by atoms with Crippen LogP contribution in [0.25, 0.3) is 0 Å². The van der Waals surface area contributed by atoms with Gasteiger partial charge in [-0.05, 0) is 43.2 Å². The standard InChI is InChI=1S/C18H24N2O3/c21-16(13-19-17(22)15-5-2-1-3-6-15)20-10-4-7-18(14-20)8-11-23-12-9-18/h1-3,5-6H,4,7-14H2,(H,19,22). The number of carbonyl (C=O) groups excluding carboxylic acids is 2. The number of nitrogens with one attached hydrogen (secondary N) is 1. The summed E-state index contributed by atoms with van der Waals surface area (Å²) in [6, 6.07) is 8.99. The van der Waals surface area contributed by atoms with E-state index in [1.54, 1.807) is 12.1 Å². The van der Waals surface area contributed by atoms with E-state index in [4.69, 9.17) is 4.74 Å². The summed E-state index contributed by atoms with van der Waals surface area (Å²) in [5.74, 6) is -0.184. The maximum atomic E-state index is 12.4. The van der Waals surface area contributed by atoms with Crippen molar-refractivity contribution in [3.8, 4) is 0 Å². The third-order valence-electron chi connectivity index (χ3n) is 5.00. The monoisotopic (exact) mass is 316 g/mol. The zero-order valence-corrected chi connectivity index (χ0v) is 13.4. The fourth-order valence-electron chi connectivity index (χ4n) is 3.59. The Balaban J connectivity index is 1.52. The normalized spacial score (nSPS) is 20.3. The second-order valence-electron chi connectivity index (χ2n) is 6.58. The van der Waals surface area contributed by atoms with Crippen molar-refractivity contribution in [2.24, 2.45) is 5.41 Å². The van der Waals surface area contributed by atoms with E-state index in [-0.39, 0.29) is 23.8 Å². The lowest BCUT2D eigenvalue weighted by Crippen LogP contribution is -2.50. The number of nitrogens with zero attached hydrogens (tertiary/aromatic N) is 1. The first-order valence-electron chi connectivity index (χ1n) is 8.37. The minimum atomic E-state index is -0.197. The second-order valence-corrected chi connectivity index (χ2v) is 6.58. The molecule has 1 N–H and O–H groups in total. The van der Waals surface area contributed by atoms with E-state index >= 15 is 0 Å². The molecule has 3 rings (SSSR count). The van der Waals surface area contributed by atoms with Crippen molar-refractivity contribution in [1.82, 2.24) is 10.2 Å². The smallest absolute Gasteiger partial charge is 0.251 e. The fourth-order valence-corrected chi connectivity index (χ4v) is 3.59. The van der Waals surface area contributed by atoms with E-state index in [2.05, 4.69) is 5.32 Å². The molecular formula is C18H24N2O3. The van der Waals surface area contributed by atoms with Gasteiger partial charge in [-0.3, -0.25) is 9.59 Å². The molecule has 0 aromatic heterocycles. The molecule has 1 spiro atoms. The van der Waals surface area contributed by atoms with Crippen LogP contribution in [-0.4, -0.2) is 49.6 Å². The molecule has 5 nitrogen and oxygen atoms in total. The molecule has 0 saturated carbocycles. The molecule has 0 atom stereocenters. The highest BCUT2D eigenvalue weighted by atomic mass is 16.5. The molecule has 0 aliphatic carbocycles. The zero-order valence-electron chi connectivity index (χ0n) is 13.4. The van der Waals surface area contributed by atoms with Crippen molar-refractivity contribution >= 4 is 11.8 Å². The Labute approximate surface area is 137 Å². The predicted octanol–water partition coefficient (Wildman–Crippen LogP) is 1.84. The lowest BCUT2D eigenvalue weighted by Gasteiger charge is -2.45. The van der Waals surface area contributed by atoms with Crippen LogP contribution in [0.15, 0.2) is 30.3 Å². The molecule has 2 saturated heterocycles. The topological polar surface area (TPSA) is 58.6 Å². The van der Waals surface area contributed by atoms with Crippen LogP contribution in [-0.2, 0) is 9.53 Å². The van der Waals surface area contributed by atoms with Crippen molar-refractivity contribution in [2.45, 2.75) is 25.7 Å². The fraction of sp³-hybridized carbons (Fsp3) is 0.556. The van der Waals surface area contributed by atoms with Gasteiger partial charge in [-0.1, -0.05) is 18.2 Å². The zero-order chi connectivity index (χ0) is 16.1. The van der Waals surface area contributed by atoms with Gasteiger partial charge < -0.3 is 15.0 Å². The van der Waals surface area contributed by atoms with Gasteiger partial charge in [-0.15, -0.1) is 0 Å². The summed E-state index contributed by atoms with van der Waals surface area (Å²) in [5, 5.41) is 2.73. The summed E-state index contributed by atoms with van der Waals surface area (Å²) in [4.78, 5) is 26.4. The average Bonchev–Trinajstić information content (AvgIpc) is 2.61. The maximum absolute atomic E-state index is 12.4. The Morgan fingerprint density at radius 2 is 1.87 bits per heavy atom. The van der Waals surface area contributed by atoms with Crippen molar-refractivity contribution in [3.05, 3.63) is 35.9 Å². The number of piperidine rings is 1. The summed E-state index contributed by atoms with van der Waals surface area (Å²) >= 11 is 0. The first-order chi connectivity index (χ1) is 11.2. The van der Waals surface area contributed by atoms with Gasteiger partial charge in [-0.25, -0.2) is 0 Å². The Morgan fingerprint density at radius 3 is 2.61 bits per heavy atom. The molecule has 2 amide bonds. The molecule has 124 valence electrons. The van der Waals surface area contributed by atoms with Gasteiger partial charge in [0.2, 0.25) is 5.91 Å². The number of carbonyl (C=O) groups is 2. The van der Waals surface area contributed by atoms with Crippen LogP contribution in [0.4, 0.5) is 0 Å². The summed E-state index contributed by atoms with van der Waals surface area (Å²) in [5.41, 5.74) is 0.815. The molecular weight excluding hydrogens is 292 g/mol. The second kappa shape index (κ2) is 7.13. The third kappa shape index (κ3) is 3.91. The highest BCUT2D eigenvalue weighted by molar-refractivity contribution is 5.96. The van der Waals surface area contributed by atoms with E-state index < -0.39 is 0 Å². The number of amides is 2. The van der Waals surface area contributed by atoms with Crippen molar-refractivity contribution in [2.75, 3.05) is 32.8 Å². The molecule has 1 aromatic rings. The number of likely N-dealkylation sites (tertiary alicyclic amines) is 1. The van der Waals surface area contributed by atoms with E-state index in [1.165, 1.54) is 6.42 Å². The summed E-state index contributed by atoms with van der Waals surface area (Å²) in [7, 11) is 0. The minimum absolute atomic E-state index is 0.0137. The predicted molar refractivity (Wildman–Crippen MR) is 87.1 cm³/mol. The van der Waals surface area contributed by atoms with Gasteiger partial charge in [0.25, 0.3) is 5.91 Å². The van der Waals surface area contributed by atoms with Crippen molar-refractivity contribution in [3.63, 3.8) is 0 Å². The number of benzene rings is 1. The van der Waals surface area contributed by atoms with E-state index in [1.807, 2.05) is 23.1 Å². The summed E-state index contributed by atoms with van der Waals surface area (Å²) < 4.78 is 5.46. The maximum Gasteiger partial charge on any atom is 0.251 e. The van der Waals surface area contributed by atoms with E-state index in [0.29, 0.717) is 5.56 Å². The first kappa shape index (κ1) is 16.0. The van der Waals surface area contributed by atoms with Gasteiger partial charge in [0.1, 0.15) is 0 Å². The molecule has 2 aliphatic heterocycles. The third-order valence-corrected chi connectivity index (χ3v) is 5.00. The Bertz CT molecular complexity index is 547. The quantitative estimate of drug-likeness (QED) is 0.925. The highest BCUT2D eigenvalue weighted by Gasteiger charge is 2.38. The number of hydrogen-bond acceptors (Lipinski definition) is 3. The van der Waals surface area contributed by atoms with Crippen LogP contribution in [0.1, 0.15) is 36.0 Å². The van der Waals surface area contributed by atoms with Gasteiger partial charge in [0, 0.05) is 31.9 Å². The molecule has 5 heteroatoms. The summed E-state index contributed by atoms with van der Waals surface area (Å²) in [6.07, 6.45) is 4.29. The molecule has 0 unspecified atom stereocenters. The lowest BCUT2D eigenvalue weighted by atomic mass is 9.74. The summed E-state index contributed by atoms with van der Waals surface area (Å²) in [6.45, 7) is 3.26. The van der Waals surface area contributed by atoms with Crippen LogP contribution in [0.2, 0.25) is 0 Å². The van der Waals surface area contributed by atoms with Crippen LogP contribution in [0.5, 0.6) is 0 Å². The first-order valence-corrected chi connectivity index (χ1v) is 8.37. The van der Waals surface area contributed by atoms with Crippen LogP contribution in [0, 0.1) is 5.41 Å². The van der Waals surface area contributed by atoms with Gasteiger partial charge >= 0.3 is 0 Å². The highest BCUT2D eigenvalue weighted by Crippen LogP contribution is 2.39. The largest absolute Gasteiger partial charge is 0.381 e. The van der Waals surface area contributed by atoms with E-state index in [0.717, 1.165) is 45.6 Å². The van der Waals surface area contributed by atoms with Crippen LogP contribution < -0.4 is 5.32 Å². The SMILES string of the molecule is O=C(NCC(=O)N1CCCC2(CCOCC2)C1)c1ccccc1. The van der Waals surface area contributed by atoms with Crippen LogP contribution in [0.3, 0.4) is 0 Å². The number of hydrogen-bond donors (Lipinski definition) is 1. The average molecular weight is 316 g/mol. The molecule has 23 heavy (non-hydrogen) atoms. The Hall–Kier alpha value is -1.88. The number of ether oxygens (including phenoxy) is 1. The van der Waals surface area contributed by atoms with E-state index in [9.17, 15) is 9.59 Å². The molecule has 1 aromatic carbocycles. The Kier molecular flexibility index (Phi) is 4.96. The Morgan fingerprint density at radius 1 is 1.13 bits per heavy atom. The van der Waals surface area contributed by atoms with Gasteiger partial charge in [-0.2, -0.15) is 0 Å². The molecule has 2 fully saturated rings. The van der Waals surface area contributed by atoms with Crippen molar-refractivity contribution < 1.29 is 14.3 Å². The molecule has 2 aliphatic rings. The molecule has 2 heterocycles. The van der Waals surface area contributed by atoms with Crippen molar-refractivity contribution in [1.29, 1.82) is 0 Å². The van der Waals surface area contributed by atoms with Gasteiger partial charge in [0.15, 0.2) is 0 Å². The minimum Gasteiger partial charge on any atom is -0.381 e. The van der Waals surface area contributed by atoms with Crippen LogP contribution >= 0.6 is 0 Å². The molecule has 0 radical (unpaired) electrons. The van der Waals surface area contributed by atoms with Gasteiger partial charge in [0.05, 0.1) is 6.54 Å². The lowest BCUT2D eigenvalue weighted by molar-refractivity contribution is -0.135. The molecule has 0 bridgehead atoms.